The number of aromatic nitrogens is 2. The summed E-state index contributed by atoms with van der Waals surface area (Å²) < 4.78 is 0.919. The van der Waals surface area contributed by atoms with E-state index in [-0.39, 0.29) is 24.2 Å². The van der Waals surface area contributed by atoms with Crippen molar-refractivity contribution >= 4 is 22.6 Å². The van der Waals surface area contributed by atoms with E-state index in [9.17, 15) is 14.4 Å². The first kappa shape index (κ1) is 17.3. The highest BCUT2D eigenvalue weighted by Gasteiger charge is 2.13. The number of nitrogens with one attached hydrogen (secondary N) is 1. The van der Waals surface area contributed by atoms with Crippen LogP contribution in [0.2, 0.25) is 0 Å². The van der Waals surface area contributed by atoms with Gasteiger partial charge in [-0.3, -0.25) is 14.4 Å². The van der Waals surface area contributed by atoms with Crippen molar-refractivity contribution in [3.8, 4) is 0 Å². The van der Waals surface area contributed by atoms with Gasteiger partial charge in [-0.2, -0.15) is 5.10 Å². The van der Waals surface area contributed by atoms with E-state index >= 15 is 0 Å². The second-order valence-electron chi connectivity index (χ2n) is 5.97. The minimum absolute atomic E-state index is 0.0695. The molecule has 2 aromatic carbocycles. The second kappa shape index (κ2) is 7.18. The van der Waals surface area contributed by atoms with Gasteiger partial charge in [-0.15, -0.1) is 0 Å². The fourth-order valence-electron chi connectivity index (χ4n) is 2.68. The summed E-state index contributed by atoms with van der Waals surface area (Å²) in [5, 5.41) is 8.83. The van der Waals surface area contributed by atoms with Crippen LogP contribution >= 0.6 is 0 Å². The summed E-state index contributed by atoms with van der Waals surface area (Å²) in [6.45, 7) is 1.57. The normalized spacial score (nSPS) is 11.9. The molecule has 2 amide bonds. The van der Waals surface area contributed by atoms with E-state index in [0.717, 1.165) is 27.1 Å². The molecule has 0 aliphatic rings. The van der Waals surface area contributed by atoms with Crippen LogP contribution in [0.5, 0.6) is 0 Å². The van der Waals surface area contributed by atoms with Crippen molar-refractivity contribution in [1.29, 1.82) is 0 Å². The number of primary amides is 1. The number of fused-ring (bicyclic) bond motifs is 1. The average Bonchev–Trinajstić information content (AvgIpc) is 2.62. The van der Waals surface area contributed by atoms with E-state index in [1.54, 1.807) is 0 Å². The fourth-order valence-corrected chi connectivity index (χ4v) is 2.68. The maximum absolute atomic E-state index is 12.3. The molecular formula is C19H18N4O3. The molecule has 3 rings (SSSR count). The van der Waals surface area contributed by atoms with Crippen LogP contribution in [0.3, 0.4) is 0 Å². The molecule has 1 heterocycles. The minimum atomic E-state index is -0.760. The Morgan fingerprint density at radius 3 is 2.58 bits per heavy atom. The molecule has 132 valence electrons. The van der Waals surface area contributed by atoms with Crippen molar-refractivity contribution in [2.24, 2.45) is 5.73 Å². The zero-order valence-electron chi connectivity index (χ0n) is 14.2. The van der Waals surface area contributed by atoms with Crippen molar-refractivity contribution < 1.29 is 9.59 Å². The average molecular weight is 350 g/mol. The highest BCUT2D eigenvalue weighted by Crippen LogP contribution is 2.20. The van der Waals surface area contributed by atoms with Crippen molar-refractivity contribution in [2.45, 2.75) is 19.5 Å². The molecule has 0 aliphatic carbocycles. The Hall–Kier alpha value is -3.48. The van der Waals surface area contributed by atoms with E-state index in [1.165, 1.54) is 6.07 Å². The number of nitrogens with zero attached hydrogens (tertiary/aromatic N) is 2. The third kappa shape index (κ3) is 3.77. The molecule has 0 saturated carbocycles. The maximum Gasteiger partial charge on any atom is 0.269 e. The van der Waals surface area contributed by atoms with E-state index in [4.69, 9.17) is 5.73 Å². The van der Waals surface area contributed by atoms with Gasteiger partial charge in [0.25, 0.3) is 11.5 Å². The Morgan fingerprint density at radius 2 is 1.85 bits per heavy atom. The van der Waals surface area contributed by atoms with Gasteiger partial charge in [-0.05, 0) is 35.4 Å². The first-order valence-electron chi connectivity index (χ1n) is 8.10. The molecule has 0 aliphatic heterocycles. The molecule has 0 saturated heterocycles. The molecule has 0 radical (unpaired) electrons. The molecule has 7 heteroatoms. The summed E-state index contributed by atoms with van der Waals surface area (Å²) >= 11 is 0. The van der Waals surface area contributed by atoms with E-state index in [0.29, 0.717) is 0 Å². The molecule has 7 nitrogen and oxygen atoms in total. The molecule has 0 unspecified atom stereocenters. The number of benzene rings is 2. The van der Waals surface area contributed by atoms with Crippen molar-refractivity contribution in [2.75, 3.05) is 0 Å². The van der Waals surface area contributed by atoms with Gasteiger partial charge in [0.15, 0.2) is 0 Å². The number of rotatable bonds is 5. The maximum atomic E-state index is 12.3. The van der Waals surface area contributed by atoms with Gasteiger partial charge in [-0.25, -0.2) is 4.68 Å². The van der Waals surface area contributed by atoms with Crippen LogP contribution in [0.1, 0.15) is 29.0 Å². The van der Waals surface area contributed by atoms with Crippen LogP contribution in [0, 0.1) is 0 Å². The predicted octanol–water partition coefficient (Wildman–Crippen LogP) is 1.37. The molecule has 0 fully saturated rings. The van der Waals surface area contributed by atoms with Crippen molar-refractivity contribution in [1.82, 2.24) is 15.1 Å². The Morgan fingerprint density at radius 1 is 1.12 bits per heavy atom. The van der Waals surface area contributed by atoms with Gasteiger partial charge in [0.2, 0.25) is 5.91 Å². The molecule has 0 spiro atoms. The van der Waals surface area contributed by atoms with Gasteiger partial charge < -0.3 is 11.1 Å². The van der Waals surface area contributed by atoms with E-state index < -0.39 is 11.5 Å². The molecule has 26 heavy (non-hydrogen) atoms. The number of hydrogen-bond donors (Lipinski definition) is 2. The van der Waals surface area contributed by atoms with Crippen LogP contribution in [-0.2, 0) is 11.3 Å². The Kier molecular flexibility index (Phi) is 4.79. The van der Waals surface area contributed by atoms with E-state index in [2.05, 4.69) is 10.4 Å². The Bertz CT molecular complexity index is 1040. The zero-order chi connectivity index (χ0) is 18.7. The monoisotopic (exact) mass is 350 g/mol. The summed E-state index contributed by atoms with van der Waals surface area (Å²) in [5.41, 5.74) is 5.54. The lowest BCUT2D eigenvalue weighted by molar-refractivity contribution is -0.122. The second-order valence-corrected chi connectivity index (χ2v) is 5.97. The molecule has 1 atom stereocenters. The lowest BCUT2D eigenvalue weighted by Gasteiger charge is -2.15. The first-order valence-corrected chi connectivity index (χ1v) is 8.10. The number of nitrogens with two attached hydrogens (primary N) is 1. The number of hydrogen-bond acceptors (Lipinski definition) is 4. The highest BCUT2D eigenvalue weighted by molar-refractivity contribution is 5.90. The molecule has 3 aromatic rings. The summed E-state index contributed by atoms with van der Waals surface area (Å²) in [7, 11) is 0. The van der Waals surface area contributed by atoms with Crippen LogP contribution in [0.25, 0.3) is 10.8 Å². The number of amides is 2. The highest BCUT2D eigenvalue weighted by atomic mass is 16.2. The molecular weight excluding hydrogens is 332 g/mol. The third-order valence-corrected chi connectivity index (χ3v) is 4.06. The Balaban J connectivity index is 1.73. The van der Waals surface area contributed by atoms with E-state index in [1.807, 2.05) is 49.4 Å². The fraction of sp³-hybridized carbons (Fsp3) is 0.158. The molecule has 1 aromatic heterocycles. The van der Waals surface area contributed by atoms with Gasteiger partial charge in [-0.1, -0.05) is 36.4 Å². The van der Waals surface area contributed by atoms with Gasteiger partial charge >= 0.3 is 0 Å². The minimum Gasteiger partial charge on any atom is -0.364 e. The molecule has 0 bridgehead atoms. The predicted molar refractivity (Wildman–Crippen MR) is 97.5 cm³/mol. The van der Waals surface area contributed by atoms with Gasteiger partial charge in [0, 0.05) is 6.07 Å². The summed E-state index contributed by atoms with van der Waals surface area (Å²) in [6, 6.07) is 16.1. The van der Waals surface area contributed by atoms with Crippen LogP contribution in [0.15, 0.2) is 59.4 Å². The summed E-state index contributed by atoms with van der Waals surface area (Å²) in [6.07, 6.45) is 0. The third-order valence-electron chi connectivity index (χ3n) is 4.06. The number of carbonyl (C=O) groups is 2. The largest absolute Gasteiger partial charge is 0.364 e. The van der Waals surface area contributed by atoms with Gasteiger partial charge in [0.05, 0.1) is 6.04 Å². The standard InChI is InChI=1S/C19H18N4O3/c1-12(14-7-6-13-4-2-3-5-15(13)10-14)21-17(24)11-23-18(25)9-8-16(22-23)19(20)26/h2-10,12H,11H2,1H3,(H2,20,26)(H,21,24)/t12-/m1/s1. The topological polar surface area (TPSA) is 107 Å². The van der Waals surface area contributed by atoms with Crippen LogP contribution in [-0.4, -0.2) is 21.6 Å². The van der Waals surface area contributed by atoms with Crippen molar-refractivity contribution in [3.63, 3.8) is 0 Å². The Labute approximate surface area is 149 Å². The van der Waals surface area contributed by atoms with Crippen LogP contribution < -0.4 is 16.6 Å². The first-order chi connectivity index (χ1) is 12.4. The lowest BCUT2D eigenvalue weighted by Crippen LogP contribution is -2.35. The van der Waals surface area contributed by atoms with Gasteiger partial charge in [0.1, 0.15) is 12.2 Å². The summed E-state index contributed by atoms with van der Waals surface area (Å²) in [5.74, 6) is -1.15. The van der Waals surface area contributed by atoms with Crippen LogP contribution in [0.4, 0.5) is 0 Å². The number of carbonyl (C=O) groups excluding carboxylic acids is 2. The zero-order valence-corrected chi connectivity index (χ0v) is 14.2. The molecule has 3 N–H and O–H groups in total. The lowest BCUT2D eigenvalue weighted by atomic mass is 10.0. The SMILES string of the molecule is C[C@@H](NC(=O)Cn1nc(C(N)=O)ccc1=O)c1ccc2ccccc2c1. The van der Waals surface area contributed by atoms with Crippen molar-refractivity contribution in [3.05, 3.63) is 76.2 Å². The quantitative estimate of drug-likeness (QED) is 0.724. The summed E-state index contributed by atoms with van der Waals surface area (Å²) in [4.78, 5) is 35.2. The smallest absolute Gasteiger partial charge is 0.269 e.